The van der Waals surface area contributed by atoms with Gasteiger partial charge in [0.1, 0.15) is 0 Å². The van der Waals surface area contributed by atoms with Crippen LogP contribution in [-0.2, 0) is 10.3 Å². The van der Waals surface area contributed by atoms with E-state index in [0.717, 1.165) is 5.37 Å². The topological polar surface area (TPSA) is 66.4 Å². The highest BCUT2D eigenvalue weighted by atomic mass is 32.2. The summed E-state index contributed by atoms with van der Waals surface area (Å²) >= 11 is 0. The molecule has 0 rings (SSSR count). The van der Waals surface area contributed by atoms with Crippen molar-refractivity contribution in [3.8, 4) is 0 Å². The molecule has 0 saturated carbocycles. The molecule has 0 saturated heterocycles. The maximum absolute atomic E-state index is 9.55. The summed E-state index contributed by atoms with van der Waals surface area (Å²) in [7, 11) is -2.16. The minimum Gasteiger partial charge on any atom is -0.316 e. The van der Waals surface area contributed by atoms with E-state index in [1.54, 1.807) is 5.48 Å². The van der Waals surface area contributed by atoms with Crippen LogP contribution in [0, 0.1) is 0 Å². The van der Waals surface area contributed by atoms with Gasteiger partial charge < -0.3 is 5.21 Å². The molecule has 0 atom stereocenters. The summed E-state index contributed by atoms with van der Waals surface area (Å²) in [6.07, 6.45) is 0. The molecule has 0 aliphatic heterocycles. The lowest BCUT2D eigenvalue weighted by molar-refractivity contribution is 0.185. The predicted octanol–water partition coefficient (Wildman–Crippen LogP) is -1.35. The Kier molecular flexibility index (Phi) is 3.58. The van der Waals surface area contributed by atoms with E-state index in [9.17, 15) is 8.42 Å². The number of hydrogen-bond donors (Lipinski definition) is 2. The van der Waals surface area contributed by atoms with Crippen LogP contribution in [0.4, 0.5) is 0 Å². The van der Waals surface area contributed by atoms with Crippen molar-refractivity contribution in [1.29, 1.82) is 0 Å². The Hall–Kier alpha value is -0.390. The molecule has 2 N–H and O–H groups in total. The quantitative estimate of drug-likeness (QED) is 0.352. The fourth-order valence-corrected chi connectivity index (χ4v) is 0.316. The molecule has 0 amide bonds. The second-order valence-corrected chi connectivity index (χ2v) is 1.64. The Bertz CT molecular complexity index is 138. The zero-order valence-electron chi connectivity index (χ0n) is 3.46. The van der Waals surface area contributed by atoms with Gasteiger partial charge in [0.05, 0.1) is 11.9 Å². The maximum Gasteiger partial charge on any atom is 0.211 e. The molecule has 0 aromatic carbocycles. The third-order valence-corrected chi connectivity index (χ3v) is 0.750. The molecular weight excluding hydrogens is 118 g/mol. The fourth-order valence-electron chi connectivity index (χ4n) is 0.105. The van der Waals surface area contributed by atoms with Crippen LogP contribution in [0.25, 0.3) is 0 Å². The lowest BCUT2D eigenvalue weighted by Gasteiger charge is -1.77. The van der Waals surface area contributed by atoms with Crippen molar-refractivity contribution in [2.75, 3.05) is 6.54 Å². The molecule has 4 nitrogen and oxygen atoms in total. The van der Waals surface area contributed by atoms with E-state index >= 15 is 0 Å². The first-order valence-corrected chi connectivity index (χ1v) is 2.69. The molecule has 5 heteroatoms. The first-order chi connectivity index (χ1) is 3.27. The highest BCUT2D eigenvalue weighted by Gasteiger charge is 1.69. The van der Waals surface area contributed by atoms with Gasteiger partial charge in [-0.25, -0.2) is 5.48 Å². The van der Waals surface area contributed by atoms with Gasteiger partial charge in [0.25, 0.3) is 0 Å². The first kappa shape index (κ1) is 6.61. The minimum absolute atomic E-state index is 0.0316. The van der Waals surface area contributed by atoms with Gasteiger partial charge in [-0.3, -0.25) is 0 Å². The van der Waals surface area contributed by atoms with Gasteiger partial charge in [0, 0.05) is 0 Å². The summed E-state index contributed by atoms with van der Waals surface area (Å²) in [6, 6.07) is 0. The average molecular weight is 123 g/mol. The van der Waals surface area contributed by atoms with Gasteiger partial charge in [-0.15, -0.1) is 0 Å². The molecular formula is C2H5NO3S. The third kappa shape index (κ3) is 5.61. The van der Waals surface area contributed by atoms with Crippen molar-refractivity contribution in [3.63, 3.8) is 0 Å². The van der Waals surface area contributed by atoms with Crippen molar-refractivity contribution in [2.45, 2.75) is 0 Å². The van der Waals surface area contributed by atoms with Crippen molar-refractivity contribution >= 4 is 15.7 Å². The zero-order chi connectivity index (χ0) is 5.70. The summed E-state index contributed by atoms with van der Waals surface area (Å²) in [6.45, 7) is -0.0316. The van der Waals surface area contributed by atoms with E-state index in [0.29, 0.717) is 0 Å². The van der Waals surface area contributed by atoms with Crippen molar-refractivity contribution in [2.24, 2.45) is 0 Å². The molecule has 0 aromatic heterocycles. The minimum atomic E-state index is -2.16. The van der Waals surface area contributed by atoms with Crippen LogP contribution in [0.5, 0.6) is 0 Å². The predicted molar refractivity (Wildman–Crippen MR) is 24.8 cm³/mol. The van der Waals surface area contributed by atoms with Crippen LogP contribution in [0.15, 0.2) is 0 Å². The first-order valence-electron chi connectivity index (χ1n) is 1.55. The molecule has 0 aromatic rings. The standard InChI is InChI=1S/C2H5NO3S/c4-3-1-2-7(5)6/h2-4H,1H2. The highest BCUT2D eigenvalue weighted by molar-refractivity contribution is 7.71. The average Bonchev–Trinajstić information content (AvgIpc) is 1.61. The van der Waals surface area contributed by atoms with Gasteiger partial charge >= 0.3 is 0 Å². The van der Waals surface area contributed by atoms with Gasteiger partial charge in [0.2, 0.25) is 10.3 Å². The van der Waals surface area contributed by atoms with Crippen LogP contribution < -0.4 is 5.48 Å². The van der Waals surface area contributed by atoms with Crippen LogP contribution in [-0.4, -0.2) is 25.5 Å². The van der Waals surface area contributed by atoms with Gasteiger partial charge in [-0.1, -0.05) is 0 Å². The van der Waals surface area contributed by atoms with Gasteiger partial charge in [0.15, 0.2) is 0 Å². The van der Waals surface area contributed by atoms with E-state index in [1.165, 1.54) is 0 Å². The van der Waals surface area contributed by atoms with Crippen molar-refractivity contribution in [3.05, 3.63) is 0 Å². The molecule has 0 radical (unpaired) electrons. The van der Waals surface area contributed by atoms with Gasteiger partial charge in [-0.05, 0) is 0 Å². The third-order valence-electron chi connectivity index (χ3n) is 0.311. The zero-order valence-corrected chi connectivity index (χ0v) is 4.27. The molecule has 0 fully saturated rings. The van der Waals surface area contributed by atoms with Crippen LogP contribution in [0.3, 0.4) is 0 Å². The fraction of sp³-hybridized carbons (Fsp3) is 0.500. The lowest BCUT2D eigenvalue weighted by atomic mass is 10.8. The second-order valence-electron chi connectivity index (χ2n) is 0.789. The monoisotopic (exact) mass is 123 g/mol. The molecule has 0 unspecified atom stereocenters. The van der Waals surface area contributed by atoms with E-state index in [-0.39, 0.29) is 6.54 Å². The molecule has 7 heavy (non-hydrogen) atoms. The number of nitrogens with one attached hydrogen (secondary N) is 1. The van der Waals surface area contributed by atoms with E-state index in [4.69, 9.17) is 5.21 Å². The number of hydrogen-bond acceptors (Lipinski definition) is 4. The van der Waals surface area contributed by atoms with Crippen LogP contribution in [0.2, 0.25) is 0 Å². The summed E-state index contributed by atoms with van der Waals surface area (Å²) in [4.78, 5) is 0. The molecule has 0 aliphatic carbocycles. The SMILES string of the molecule is O=S(=O)=CCNO. The normalized spacial score (nSPS) is 8.14. The largest absolute Gasteiger partial charge is 0.316 e. The number of hydroxylamine groups is 1. The summed E-state index contributed by atoms with van der Waals surface area (Å²) in [5.41, 5.74) is 1.65. The summed E-state index contributed by atoms with van der Waals surface area (Å²) < 4.78 is 19.1. The lowest BCUT2D eigenvalue weighted by Crippen LogP contribution is -2.09. The molecule has 42 valence electrons. The Balaban J connectivity index is 3.49. The Labute approximate surface area is 42.3 Å². The molecule has 0 heterocycles. The summed E-state index contributed by atoms with van der Waals surface area (Å²) in [5.74, 6) is 0. The van der Waals surface area contributed by atoms with Crippen molar-refractivity contribution < 1.29 is 13.6 Å². The Morgan fingerprint density at radius 3 is 2.43 bits per heavy atom. The maximum atomic E-state index is 9.55. The second kappa shape index (κ2) is 3.79. The van der Waals surface area contributed by atoms with E-state index in [1.807, 2.05) is 0 Å². The molecule has 0 bridgehead atoms. The Morgan fingerprint density at radius 2 is 2.29 bits per heavy atom. The Morgan fingerprint density at radius 1 is 1.71 bits per heavy atom. The highest BCUT2D eigenvalue weighted by Crippen LogP contribution is 1.40. The molecule has 0 aliphatic rings. The van der Waals surface area contributed by atoms with Crippen LogP contribution in [0.1, 0.15) is 0 Å². The molecule has 0 spiro atoms. The van der Waals surface area contributed by atoms with E-state index in [2.05, 4.69) is 0 Å². The number of rotatable bonds is 2. The van der Waals surface area contributed by atoms with Crippen LogP contribution >= 0.6 is 0 Å². The van der Waals surface area contributed by atoms with Crippen molar-refractivity contribution in [1.82, 2.24) is 5.48 Å². The summed E-state index contributed by atoms with van der Waals surface area (Å²) in [5, 5.41) is 8.66. The van der Waals surface area contributed by atoms with Gasteiger partial charge in [-0.2, -0.15) is 8.42 Å². The smallest absolute Gasteiger partial charge is 0.211 e. The van der Waals surface area contributed by atoms with E-state index < -0.39 is 10.3 Å².